The molecule has 0 aliphatic rings. The quantitative estimate of drug-likeness (QED) is 0.367. The lowest BCUT2D eigenvalue weighted by molar-refractivity contribution is 0.482. The molecule has 2 heteroatoms. The SMILES string of the molecule is C=C(C)CC(C)CCCCCCc1ccc(F)c(C)c1F. The Morgan fingerprint density at radius 2 is 1.81 bits per heavy atom. The molecule has 0 bridgehead atoms. The molecule has 0 saturated heterocycles. The van der Waals surface area contributed by atoms with Crippen molar-refractivity contribution in [3.8, 4) is 0 Å². The number of hydrogen-bond donors (Lipinski definition) is 0. The van der Waals surface area contributed by atoms with Gasteiger partial charge in [-0.25, -0.2) is 8.78 Å². The van der Waals surface area contributed by atoms with Crippen LogP contribution in [0.25, 0.3) is 0 Å². The fourth-order valence-corrected chi connectivity index (χ4v) is 2.77. The molecule has 0 saturated carbocycles. The number of unbranched alkanes of at least 4 members (excludes halogenated alkanes) is 3. The van der Waals surface area contributed by atoms with E-state index in [-0.39, 0.29) is 11.4 Å². The first-order valence-electron chi connectivity index (χ1n) is 7.99. The summed E-state index contributed by atoms with van der Waals surface area (Å²) in [5, 5.41) is 0. The van der Waals surface area contributed by atoms with Gasteiger partial charge in [-0.15, -0.1) is 6.58 Å². The van der Waals surface area contributed by atoms with Crippen LogP contribution in [0.15, 0.2) is 24.3 Å². The Bertz CT molecular complexity index is 463. The smallest absolute Gasteiger partial charge is 0.132 e. The summed E-state index contributed by atoms with van der Waals surface area (Å²) >= 11 is 0. The molecule has 1 aromatic rings. The number of rotatable bonds is 9. The van der Waals surface area contributed by atoms with E-state index in [1.807, 2.05) is 0 Å². The highest BCUT2D eigenvalue weighted by atomic mass is 19.1. The summed E-state index contributed by atoms with van der Waals surface area (Å²) in [5.41, 5.74) is 2.04. The van der Waals surface area contributed by atoms with E-state index in [0.717, 1.165) is 19.3 Å². The van der Waals surface area contributed by atoms with E-state index in [0.29, 0.717) is 17.9 Å². The van der Waals surface area contributed by atoms with Crippen molar-refractivity contribution >= 4 is 0 Å². The largest absolute Gasteiger partial charge is 0.207 e. The van der Waals surface area contributed by atoms with Crippen molar-refractivity contribution in [2.24, 2.45) is 5.92 Å². The van der Waals surface area contributed by atoms with E-state index in [4.69, 9.17) is 0 Å². The zero-order chi connectivity index (χ0) is 15.8. The van der Waals surface area contributed by atoms with Crippen molar-refractivity contribution in [3.63, 3.8) is 0 Å². The average Bonchev–Trinajstić information content (AvgIpc) is 2.41. The lowest BCUT2D eigenvalue weighted by Crippen LogP contribution is -1.97. The maximum absolute atomic E-state index is 13.8. The summed E-state index contributed by atoms with van der Waals surface area (Å²) in [6.07, 6.45) is 7.53. The number of halogens is 2. The Morgan fingerprint density at radius 1 is 1.14 bits per heavy atom. The molecular weight excluding hydrogens is 266 g/mol. The van der Waals surface area contributed by atoms with Crippen LogP contribution in [0, 0.1) is 24.5 Å². The van der Waals surface area contributed by atoms with Crippen LogP contribution in [0.4, 0.5) is 8.78 Å². The van der Waals surface area contributed by atoms with E-state index in [9.17, 15) is 8.78 Å². The fraction of sp³-hybridized carbons (Fsp3) is 0.579. The summed E-state index contributed by atoms with van der Waals surface area (Å²) < 4.78 is 27.0. The molecule has 0 heterocycles. The van der Waals surface area contributed by atoms with Crippen LogP contribution in [-0.2, 0) is 6.42 Å². The van der Waals surface area contributed by atoms with Crippen LogP contribution in [0.2, 0.25) is 0 Å². The second kappa shape index (κ2) is 8.96. The lowest BCUT2D eigenvalue weighted by atomic mass is 9.96. The van der Waals surface area contributed by atoms with Gasteiger partial charge < -0.3 is 0 Å². The number of benzene rings is 1. The third-order valence-electron chi connectivity index (χ3n) is 3.99. The van der Waals surface area contributed by atoms with Crippen LogP contribution in [0.1, 0.15) is 63.5 Å². The van der Waals surface area contributed by atoms with Crippen molar-refractivity contribution in [2.75, 3.05) is 0 Å². The van der Waals surface area contributed by atoms with Crippen LogP contribution in [0.3, 0.4) is 0 Å². The van der Waals surface area contributed by atoms with Gasteiger partial charge in [-0.2, -0.15) is 0 Å². The second-order valence-electron chi connectivity index (χ2n) is 6.36. The molecule has 0 spiro atoms. The molecule has 118 valence electrons. The topological polar surface area (TPSA) is 0 Å². The molecule has 0 fully saturated rings. The summed E-state index contributed by atoms with van der Waals surface area (Å²) in [4.78, 5) is 0. The molecule has 1 rings (SSSR count). The normalized spacial score (nSPS) is 12.4. The standard InChI is InChI=1S/C19H28F2/c1-14(2)13-15(3)9-7-5-6-8-10-17-11-12-18(20)16(4)19(17)21/h11-12,15H,1,5-10,13H2,2-4H3. The molecule has 0 amide bonds. The zero-order valence-corrected chi connectivity index (χ0v) is 13.6. The fourth-order valence-electron chi connectivity index (χ4n) is 2.77. The maximum Gasteiger partial charge on any atom is 0.132 e. The van der Waals surface area contributed by atoms with Gasteiger partial charge in [0, 0.05) is 5.56 Å². The van der Waals surface area contributed by atoms with Gasteiger partial charge in [0.25, 0.3) is 0 Å². The molecule has 0 aliphatic heterocycles. The highest BCUT2D eigenvalue weighted by Gasteiger charge is 2.09. The van der Waals surface area contributed by atoms with Crippen molar-refractivity contribution in [1.82, 2.24) is 0 Å². The van der Waals surface area contributed by atoms with Crippen molar-refractivity contribution in [1.29, 1.82) is 0 Å². The third-order valence-corrected chi connectivity index (χ3v) is 3.99. The van der Waals surface area contributed by atoms with Gasteiger partial charge >= 0.3 is 0 Å². The van der Waals surface area contributed by atoms with Crippen LogP contribution in [-0.4, -0.2) is 0 Å². The first kappa shape index (κ1) is 17.9. The number of hydrogen-bond acceptors (Lipinski definition) is 0. The average molecular weight is 294 g/mol. The van der Waals surface area contributed by atoms with Crippen molar-refractivity contribution < 1.29 is 8.78 Å². The van der Waals surface area contributed by atoms with Gasteiger partial charge in [0.2, 0.25) is 0 Å². The number of allylic oxidation sites excluding steroid dienone is 1. The van der Waals surface area contributed by atoms with Gasteiger partial charge in [0.1, 0.15) is 11.6 Å². The predicted molar refractivity (Wildman–Crippen MR) is 86.5 cm³/mol. The number of aryl methyl sites for hydroxylation is 1. The summed E-state index contributed by atoms with van der Waals surface area (Å²) in [5.74, 6) is -0.118. The second-order valence-corrected chi connectivity index (χ2v) is 6.36. The van der Waals surface area contributed by atoms with Crippen molar-refractivity contribution in [2.45, 2.75) is 65.7 Å². The zero-order valence-electron chi connectivity index (χ0n) is 13.6. The first-order chi connectivity index (χ1) is 9.91. The summed E-state index contributed by atoms with van der Waals surface area (Å²) in [6.45, 7) is 9.79. The predicted octanol–water partition coefficient (Wildman–Crippen LogP) is 6.37. The molecular formula is C19H28F2. The van der Waals surface area contributed by atoms with E-state index >= 15 is 0 Å². The lowest BCUT2D eigenvalue weighted by Gasteiger charge is -2.11. The molecule has 0 aliphatic carbocycles. The Morgan fingerprint density at radius 3 is 2.48 bits per heavy atom. The van der Waals surface area contributed by atoms with E-state index in [1.165, 1.54) is 37.8 Å². The molecule has 1 unspecified atom stereocenters. The van der Waals surface area contributed by atoms with Gasteiger partial charge in [-0.05, 0) is 50.7 Å². The van der Waals surface area contributed by atoms with Crippen LogP contribution >= 0.6 is 0 Å². The third kappa shape index (κ3) is 6.41. The van der Waals surface area contributed by atoms with Gasteiger partial charge in [0.05, 0.1) is 0 Å². The van der Waals surface area contributed by atoms with Gasteiger partial charge in [-0.1, -0.05) is 44.2 Å². The Kier molecular flexibility index (Phi) is 7.63. The van der Waals surface area contributed by atoms with Crippen molar-refractivity contribution in [3.05, 3.63) is 47.0 Å². The summed E-state index contributed by atoms with van der Waals surface area (Å²) in [6, 6.07) is 2.94. The minimum Gasteiger partial charge on any atom is -0.207 e. The van der Waals surface area contributed by atoms with Crippen LogP contribution in [0.5, 0.6) is 0 Å². The van der Waals surface area contributed by atoms with Gasteiger partial charge in [0.15, 0.2) is 0 Å². The van der Waals surface area contributed by atoms with E-state index in [2.05, 4.69) is 20.4 Å². The van der Waals surface area contributed by atoms with E-state index < -0.39 is 5.82 Å². The minimum absolute atomic E-state index is 0.140. The Labute approximate surface area is 128 Å². The molecule has 1 atom stereocenters. The van der Waals surface area contributed by atoms with E-state index in [1.54, 1.807) is 6.07 Å². The molecule has 0 nitrogen and oxygen atoms in total. The monoisotopic (exact) mass is 294 g/mol. The molecule has 0 radical (unpaired) electrons. The molecule has 1 aromatic carbocycles. The van der Waals surface area contributed by atoms with Gasteiger partial charge in [-0.3, -0.25) is 0 Å². The Hall–Kier alpha value is -1.18. The Balaban J connectivity index is 2.20. The molecule has 0 N–H and O–H groups in total. The summed E-state index contributed by atoms with van der Waals surface area (Å²) in [7, 11) is 0. The highest BCUT2D eigenvalue weighted by molar-refractivity contribution is 5.26. The maximum atomic E-state index is 13.8. The molecule has 0 aromatic heterocycles. The highest BCUT2D eigenvalue weighted by Crippen LogP contribution is 2.20. The first-order valence-corrected chi connectivity index (χ1v) is 7.99. The van der Waals surface area contributed by atoms with Crippen LogP contribution < -0.4 is 0 Å². The molecule has 21 heavy (non-hydrogen) atoms. The minimum atomic E-state index is -0.456.